The first-order valence-corrected chi connectivity index (χ1v) is 5.88. The number of aromatic nitrogens is 1. The highest BCUT2D eigenvalue weighted by atomic mass is 32.1. The number of hydrogen-bond acceptors (Lipinski definition) is 4. The SMILES string of the molecule is CC(CCN(C)C)NCc1cscn1. The fraction of sp³-hybridized carbons (Fsp3) is 0.700. The van der Waals surface area contributed by atoms with Gasteiger partial charge in [-0.05, 0) is 34.0 Å². The first kappa shape index (κ1) is 11.6. The molecule has 0 aliphatic carbocycles. The van der Waals surface area contributed by atoms with Crippen LogP contribution in [0.2, 0.25) is 0 Å². The minimum Gasteiger partial charge on any atom is -0.309 e. The Morgan fingerprint density at radius 3 is 2.93 bits per heavy atom. The third-order valence-electron chi connectivity index (χ3n) is 2.12. The normalized spacial score (nSPS) is 13.4. The maximum absolute atomic E-state index is 4.23. The molecule has 3 nitrogen and oxygen atoms in total. The number of nitrogens with one attached hydrogen (secondary N) is 1. The van der Waals surface area contributed by atoms with Gasteiger partial charge in [-0.2, -0.15) is 0 Å². The van der Waals surface area contributed by atoms with Crippen molar-refractivity contribution in [2.75, 3.05) is 20.6 Å². The Morgan fingerprint density at radius 2 is 2.36 bits per heavy atom. The zero-order valence-corrected chi connectivity index (χ0v) is 9.97. The molecule has 1 heterocycles. The minimum atomic E-state index is 0.555. The molecule has 1 unspecified atom stereocenters. The van der Waals surface area contributed by atoms with Crippen molar-refractivity contribution in [3.63, 3.8) is 0 Å². The quantitative estimate of drug-likeness (QED) is 0.777. The van der Waals surface area contributed by atoms with Crippen LogP contribution in [-0.2, 0) is 6.54 Å². The maximum atomic E-state index is 4.23. The summed E-state index contributed by atoms with van der Waals surface area (Å²) in [4.78, 5) is 6.44. The summed E-state index contributed by atoms with van der Waals surface area (Å²) in [5.74, 6) is 0. The van der Waals surface area contributed by atoms with Crippen LogP contribution in [-0.4, -0.2) is 36.6 Å². The van der Waals surface area contributed by atoms with E-state index in [9.17, 15) is 0 Å². The van der Waals surface area contributed by atoms with Gasteiger partial charge in [-0.25, -0.2) is 4.98 Å². The Kier molecular flexibility index (Phi) is 5.07. The lowest BCUT2D eigenvalue weighted by atomic mass is 10.2. The summed E-state index contributed by atoms with van der Waals surface area (Å²) in [6.45, 7) is 4.24. The Labute approximate surface area is 90.2 Å². The molecule has 1 atom stereocenters. The van der Waals surface area contributed by atoms with Crippen molar-refractivity contribution in [1.29, 1.82) is 0 Å². The summed E-state index contributed by atoms with van der Waals surface area (Å²) in [6.07, 6.45) is 1.18. The lowest BCUT2D eigenvalue weighted by molar-refractivity contribution is 0.365. The smallest absolute Gasteiger partial charge is 0.0795 e. The molecule has 0 bridgehead atoms. The lowest BCUT2D eigenvalue weighted by Crippen LogP contribution is -2.29. The molecule has 0 aliphatic heterocycles. The standard InChI is InChI=1S/C10H19N3S/c1-9(4-5-13(2)3)11-6-10-7-14-8-12-10/h7-9,11H,4-6H2,1-3H3. The predicted octanol–water partition coefficient (Wildman–Crippen LogP) is 1.57. The van der Waals surface area contributed by atoms with Crippen LogP contribution in [0.25, 0.3) is 0 Å². The molecule has 0 saturated carbocycles. The Balaban J connectivity index is 2.12. The molecule has 0 aliphatic rings. The Bertz CT molecular complexity index is 234. The first-order valence-electron chi connectivity index (χ1n) is 4.93. The molecule has 1 N–H and O–H groups in total. The highest BCUT2D eigenvalue weighted by Crippen LogP contribution is 2.01. The van der Waals surface area contributed by atoms with Gasteiger partial charge in [0.2, 0.25) is 0 Å². The van der Waals surface area contributed by atoms with E-state index in [0.717, 1.165) is 18.8 Å². The van der Waals surface area contributed by atoms with Gasteiger partial charge in [-0.1, -0.05) is 0 Å². The summed E-state index contributed by atoms with van der Waals surface area (Å²) in [5, 5.41) is 5.55. The van der Waals surface area contributed by atoms with Crippen LogP contribution in [0, 0.1) is 0 Å². The number of hydrogen-bond donors (Lipinski definition) is 1. The summed E-state index contributed by atoms with van der Waals surface area (Å²) in [6, 6.07) is 0.555. The van der Waals surface area contributed by atoms with Crippen molar-refractivity contribution < 1.29 is 0 Å². The van der Waals surface area contributed by atoms with Crippen molar-refractivity contribution in [2.24, 2.45) is 0 Å². The third kappa shape index (κ3) is 4.69. The molecule has 0 fully saturated rings. The van der Waals surface area contributed by atoms with Gasteiger partial charge in [0.1, 0.15) is 0 Å². The average molecular weight is 213 g/mol. The van der Waals surface area contributed by atoms with E-state index in [1.54, 1.807) is 11.3 Å². The van der Waals surface area contributed by atoms with Crippen LogP contribution >= 0.6 is 11.3 Å². The van der Waals surface area contributed by atoms with Crippen LogP contribution in [0.1, 0.15) is 19.0 Å². The van der Waals surface area contributed by atoms with E-state index in [0.29, 0.717) is 6.04 Å². The van der Waals surface area contributed by atoms with E-state index in [4.69, 9.17) is 0 Å². The van der Waals surface area contributed by atoms with Crippen LogP contribution in [0.4, 0.5) is 0 Å². The minimum absolute atomic E-state index is 0.555. The van der Waals surface area contributed by atoms with Gasteiger partial charge in [-0.15, -0.1) is 11.3 Å². The zero-order valence-electron chi connectivity index (χ0n) is 9.16. The van der Waals surface area contributed by atoms with E-state index < -0.39 is 0 Å². The molecule has 14 heavy (non-hydrogen) atoms. The average Bonchev–Trinajstić information content (AvgIpc) is 2.63. The van der Waals surface area contributed by atoms with Gasteiger partial charge >= 0.3 is 0 Å². The van der Waals surface area contributed by atoms with Crippen molar-refractivity contribution in [3.8, 4) is 0 Å². The highest BCUT2D eigenvalue weighted by molar-refractivity contribution is 7.07. The molecule has 0 aromatic carbocycles. The molecule has 4 heteroatoms. The fourth-order valence-corrected chi connectivity index (χ4v) is 1.72. The summed E-state index contributed by atoms with van der Waals surface area (Å²) < 4.78 is 0. The zero-order chi connectivity index (χ0) is 10.4. The number of thiazole rings is 1. The maximum Gasteiger partial charge on any atom is 0.0795 e. The monoisotopic (exact) mass is 213 g/mol. The number of nitrogens with zero attached hydrogens (tertiary/aromatic N) is 2. The molecule has 1 rings (SSSR count). The van der Waals surface area contributed by atoms with Gasteiger partial charge < -0.3 is 10.2 Å². The van der Waals surface area contributed by atoms with Gasteiger partial charge in [-0.3, -0.25) is 0 Å². The van der Waals surface area contributed by atoms with E-state index in [1.807, 2.05) is 5.51 Å². The molecule has 0 spiro atoms. The Morgan fingerprint density at radius 1 is 1.57 bits per heavy atom. The Hall–Kier alpha value is -0.450. The lowest BCUT2D eigenvalue weighted by Gasteiger charge is -2.15. The van der Waals surface area contributed by atoms with E-state index in [-0.39, 0.29) is 0 Å². The van der Waals surface area contributed by atoms with Crippen LogP contribution in [0.15, 0.2) is 10.9 Å². The second kappa shape index (κ2) is 6.11. The van der Waals surface area contributed by atoms with E-state index >= 15 is 0 Å². The van der Waals surface area contributed by atoms with Crippen molar-refractivity contribution >= 4 is 11.3 Å². The molecule has 0 radical (unpaired) electrons. The molecule has 80 valence electrons. The van der Waals surface area contributed by atoms with E-state index in [2.05, 4.69) is 41.6 Å². The van der Waals surface area contributed by atoms with Gasteiger partial charge in [0.15, 0.2) is 0 Å². The first-order chi connectivity index (χ1) is 6.68. The topological polar surface area (TPSA) is 28.2 Å². The van der Waals surface area contributed by atoms with Gasteiger partial charge in [0.25, 0.3) is 0 Å². The molecule has 0 saturated heterocycles. The molecule has 1 aromatic rings. The van der Waals surface area contributed by atoms with Crippen molar-refractivity contribution in [1.82, 2.24) is 15.2 Å². The predicted molar refractivity (Wildman–Crippen MR) is 61.6 cm³/mol. The van der Waals surface area contributed by atoms with Gasteiger partial charge in [0, 0.05) is 18.0 Å². The van der Waals surface area contributed by atoms with Crippen LogP contribution in [0.3, 0.4) is 0 Å². The second-order valence-electron chi connectivity index (χ2n) is 3.85. The van der Waals surface area contributed by atoms with Crippen molar-refractivity contribution in [2.45, 2.75) is 25.9 Å². The van der Waals surface area contributed by atoms with Crippen LogP contribution in [0.5, 0.6) is 0 Å². The summed E-state index contributed by atoms with van der Waals surface area (Å²) in [7, 11) is 4.21. The third-order valence-corrected chi connectivity index (χ3v) is 2.76. The fourth-order valence-electron chi connectivity index (χ4n) is 1.16. The molecular weight excluding hydrogens is 194 g/mol. The molecular formula is C10H19N3S. The van der Waals surface area contributed by atoms with Crippen LogP contribution < -0.4 is 5.32 Å². The number of rotatable bonds is 6. The second-order valence-corrected chi connectivity index (χ2v) is 4.57. The molecule has 1 aromatic heterocycles. The van der Waals surface area contributed by atoms with Crippen molar-refractivity contribution in [3.05, 3.63) is 16.6 Å². The largest absolute Gasteiger partial charge is 0.309 e. The summed E-state index contributed by atoms with van der Waals surface area (Å²) >= 11 is 1.65. The molecule has 0 amide bonds. The summed E-state index contributed by atoms with van der Waals surface area (Å²) in [5.41, 5.74) is 3.02. The van der Waals surface area contributed by atoms with E-state index in [1.165, 1.54) is 6.42 Å². The highest BCUT2D eigenvalue weighted by Gasteiger charge is 2.02. The van der Waals surface area contributed by atoms with Gasteiger partial charge in [0.05, 0.1) is 11.2 Å².